The highest BCUT2D eigenvalue weighted by Crippen LogP contribution is 2.25. The van der Waals surface area contributed by atoms with Gasteiger partial charge in [0.15, 0.2) is 0 Å². The molecule has 0 aliphatic rings. The Labute approximate surface area is 124 Å². The third-order valence-electron chi connectivity index (χ3n) is 2.36. The van der Waals surface area contributed by atoms with Crippen LogP contribution in [0.4, 0.5) is 10.5 Å². The van der Waals surface area contributed by atoms with Crippen LogP contribution in [0.25, 0.3) is 0 Å². The number of amides is 2. The van der Waals surface area contributed by atoms with Crippen molar-refractivity contribution >= 4 is 45.2 Å². The van der Waals surface area contributed by atoms with Crippen molar-refractivity contribution < 1.29 is 14.7 Å². The number of benzene rings is 1. The molecule has 104 valence electrons. The van der Waals surface area contributed by atoms with Crippen molar-refractivity contribution in [3.8, 4) is 0 Å². The first-order valence-electron chi connectivity index (χ1n) is 5.69. The van der Waals surface area contributed by atoms with Gasteiger partial charge in [-0.25, -0.2) is 9.59 Å². The smallest absolute Gasteiger partial charge is 0.326 e. The van der Waals surface area contributed by atoms with Crippen molar-refractivity contribution in [1.29, 1.82) is 0 Å². The normalized spacial score (nSPS) is 11.7. The van der Waals surface area contributed by atoms with Crippen LogP contribution in [0.5, 0.6) is 0 Å². The molecule has 0 spiro atoms. The maximum atomic E-state index is 11.7. The monoisotopic (exact) mass is 348 g/mol. The highest BCUT2D eigenvalue weighted by Gasteiger charge is 2.18. The summed E-state index contributed by atoms with van der Waals surface area (Å²) in [5.41, 5.74) is 0.523. The highest BCUT2D eigenvalue weighted by atomic mass is 79.9. The molecule has 5 nitrogen and oxygen atoms in total. The van der Waals surface area contributed by atoms with Crippen molar-refractivity contribution in [1.82, 2.24) is 5.32 Å². The molecule has 0 fully saturated rings. The molecule has 0 bridgehead atoms. The zero-order chi connectivity index (χ0) is 14.4. The molecule has 0 saturated heterocycles. The summed E-state index contributed by atoms with van der Waals surface area (Å²) in [7, 11) is 0. The molecule has 0 radical (unpaired) electrons. The largest absolute Gasteiger partial charge is 0.480 e. The molecule has 0 aromatic heterocycles. The van der Waals surface area contributed by atoms with Crippen LogP contribution in [0.1, 0.15) is 19.8 Å². The molecule has 1 aromatic carbocycles. The van der Waals surface area contributed by atoms with Gasteiger partial charge in [-0.2, -0.15) is 0 Å². The third kappa shape index (κ3) is 5.08. The molecule has 7 heteroatoms. The van der Waals surface area contributed by atoms with E-state index in [2.05, 4.69) is 26.6 Å². The average Bonchev–Trinajstić information content (AvgIpc) is 2.33. The lowest BCUT2D eigenvalue weighted by Crippen LogP contribution is -2.42. The van der Waals surface area contributed by atoms with Crippen LogP contribution >= 0.6 is 27.5 Å². The van der Waals surface area contributed by atoms with Crippen LogP contribution in [-0.4, -0.2) is 23.1 Å². The van der Waals surface area contributed by atoms with Crippen molar-refractivity contribution in [2.75, 3.05) is 5.32 Å². The van der Waals surface area contributed by atoms with Crippen LogP contribution < -0.4 is 10.6 Å². The van der Waals surface area contributed by atoms with Crippen molar-refractivity contribution in [2.45, 2.75) is 25.8 Å². The van der Waals surface area contributed by atoms with Gasteiger partial charge in [0.2, 0.25) is 0 Å². The Morgan fingerprint density at radius 1 is 1.47 bits per heavy atom. The van der Waals surface area contributed by atoms with Gasteiger partial charge in [0, 0.05) is 10.2 Å². The van der Waals surface area contributed by atoms with E-state index in [1.54, 1.807) is 18.2 Å². The number of carboxylic acids is 1. The fraction of sp³-hybridized carbons (Fsp3) is 0.333. The Morgan fingerprint density at radius 3 is 2.68 bits per heavy atom. The standard InChI is InChI=1S/C12H14BrClN2O3/c1-2-3-10(11(17)18)16-12(19)15-7-4-5-9(14)8(13)6-7/h4-6,10H,2-3H2,1H3,(H,17,18)(H2,15,16,19)/t10-/m1/s1. The highest BCUT2D eigenvalue weighted by molar-refractivity contribution is 9.10. The van der Waals surface area contributed by atoms with Gasteiger partial charge in [0.25, 0.3) is 0 Å². The van der Waals surface area contributed by atoms with Crippen molar-refractivity contribution in [2.24, 2.45) is 0 Å². The van der Waals surface area contributed by atoms with E-state index in [1.807, 2.05) is 6.92 Å². The van der Waals surface area contributed by atoms with E-state index >= 15 is 0 Å². The van der Waals surface area contributed by atoms with Gasteiger partial charge in [-0.15, -0.1) is 0 Å². The Balaban J connectivity index is 2.63. The second-order valence-electron chi connectivity index (χ2n) is 3.91. The summed E-state index contributed by atoms with van der Waals surface area (Å²) in [5.74, 6) is -1.05. The number of aliphatic carboxylic acids is 1. The lowest BCUT2D eigenvalue weighted by atomic mass is 10.2. The van der Waals surface area contributed by atoms with Gasteiger partial charge in [-0.1, -0.05) is 24.9 Å². The molecule has 1 atom stereocenters. The van der Waals surface area contributed by atoms with Gasteiger partial charge in [0.1, 0.15) is 6.04 Å². The summed E-state index contributed by atoms with van der Waals surface area (Å²) in [6.45, 7) is 1.85. The fourth-order valence-electron chi connectivity index (χ4n) is 1.45. The lowest BCUT2D eigenvalue weighted by molar-refractivity contribution is -0.139. The number of urea groups is 1. The predicted octanol–water partition coefficient (Wildman–Crippen LogP) is 3.48. The second kappa shape index (κ2) is 7.35. The summed E-state index contributed by atoms with van der Waals surface area (Å²) < 4.78 is 0.648. The average molecular weight is 350 g/mol. The van der Waals surface area contributed by atoms with Gasteiger partial charge < -0.3 is 15.7 Å². The maximum absolute atomic E-state index is 11.7. The molecule has 1 aromatic rings. The number of nitrogens with one attached hydrogen (secondary N) is 2. The van der Waals surface area contributed by atoms with E-state index in [-0.39, 0.29) is 0 Å². The summed E-state index contributed by atoms with van der Waals surface area (Å²) in [6.07, 6.45) is 1.05. The third-order valence-corrected chi connectivity index (χ3v) is 3.57. The van der Waals surface area contributed by atoms with E-state index in [0.717, 1.165) is 0 Å². The molecular weight excluding hydrogens is 336 g/mol. The molecule has 1 rings (SSSR count). The first-order valence-corrected chi connectivity index (χ1v) is 6.86. The van der Waals surface area contributed by atoms with Crippen LogP contribution in [0.2, 0.25) is 5.02 Å². The van der Waals surface area contributed by atoms with Crippen LogP contribution in [0.3, 0.4) is 0 Å². The Hall–Kier alpha value is -1.27. The molecule has 19 heavy (non-hydrogen) atoms. The molecule has 0 saturated carbocycles. The minimum absolute atomic E-state index is 0.382. The number of hydrogen-bond acceptors (Lipinski definition) is 2. The summed E-state index contributed by atoms with van der Waals surface area (Å²) in [4.78, 5) is 22.6. The number of rotatable bonds is 5. The lowest BCUT2D eigenvalue weighted by Gasteiger charge is -2.14. The molecule has 0 unspecified atom stereocenters. The van der Waals surface area contributed by atoms with Crippen LogP contribution in [0, 0.1) is 0 Å². The number of carbonyl (C=O) groups is 2. The Kier molecular flexibility index (Phi) is 6.11. The van der Waals surface area contributed by atoms with Crippen molar-refractivity contribution in [3.63, 3.8) is 0 Å². The Morgan fingerprint density at radius 2 is 2.16 bits per heavy atom. The molecule has 0 heterocycles. The maximum Gasteiger partial charge on any atom is 0.326 e. The quantitative estimate of drug-likeness (QED) is 0.761. The number of halogens is 2. The van der Waals surface area contributed by atoms with E-state index in [9.17, 15) is 9.59 Å². The van der Waals surface area contributed by atoms with E-state index < -0.39 is 18.0 Å². The number of carbonyl (C=O) groups excluding carboxylic acids is 1. The van der Waals surface area contributed by atoms with E-state index in [0.29, 0.717) is 28.0 Å². The molecular formula is C12H14BrClN2O3. The van der Waals surface area contributed by atoms with Gasteiger partial charge in [-0.3, -0.25) is 0 Å². The number of anilines is 1. The van der Waals surface area contributed by atoms with Crippen LogP contribution in [0.15, 0.2) is 22.7 Å². The second-order valence-corrected chi connectivity index (χ2v) is 5.17. The van der Waals surface area contributed by atoms with Gasteiger partial charge in [-0.05, 0) is 40.5 Å². The topological polar surface area (TPSA) is 78.4 Å². The molecule has 2 amide bonds. The number of carboxylic acid groups (broad SMARTS) is 1. The first-order chi connectivity index (χ1) is 8.93. The molecule has 0 aliphatic heterocycles. The SMILES string of the molecule is CCC[C@@H](NC(=O)Nc1ccc(Cl)c(Br)c1)C(=O)O. The zero-order valence-corrected chi connectivity index (χ0v) is 12.6. The van der Waals surface area contributed by atoms with E-state index in [1.165, 1.54) is 0 Å². The summed E-state index contributed by atoms with van der Waals surface area (Å²) in [5, 5.41) is 14.4. The fourth-order valence-corrected chi connectivity index (χ4v) is 1.94. The summed E-state index contributed by atoms with van der Waals surface area (Å²) in [6, 6.07) is 3.44. The number of hydrogen-bond donors (Lipinski definition) is 3. The van der Waals surface area contributed by atoms with E-state index in [4.69, 9.17) is 16.7 Å². The molecule has 0 aliphatic carbocycles. The van der Waals surface area contributed by atoms with Crippen LogP contribution in [-0.2, 0) is 4.79 Å². The van der Waals surface area contributed by atoms with Crippen molar-refractivity contribution in [3.05, 3.63) is 27.7 Å². The summed E-state index contributed by atoms with van der Waals surface area (Å²) >= 11 is 9.07. The Bertz CT molecular complexity index is 482. The minimum atomic E-state index is -1.05. The van der Waals surface area contributed by atoms with Gasteiger partial charge >= 0.3 is 12.0 Å². The van der Waals surface area contributed by atoms with Gasteiger partial charge in [0.05, 0.1) is 5.02 Å². The molecule has 3 N–H and O–H groups in total. The predicted molar refractivity (Wildman–Crippen MR) is 77.6 cm³/mol. The minimum Gasteiger partial charge on any atom is -0.480 e. The first kappa shape index (κ1) is 15.8. The zero-order valence-electron chi connectivity index (χ0n) is 10.2.